The second-order valence-electron chi connectivity index (χ2n) is 4.44. The van der Waals surface area contributed by atoms with Gasteiger partial charge in [-0.2, -0.15) is 0 Å². The van der Waals surface area contributed by atoms with Crippen molar-refractivity contribution in [3.8, 4) is 11.4 Å². The highest BCUT2D eigenvalue weighted by Gasteiger charge is 2.29. The normalized spacial score (nSPS) is 14.7. The summed E-state index contributed by atoms with van der Waals surface area (Å²) in [5.41, 5.74) is 1.97. The Morgan fingerprint density at radius 1 is 1.05 bits per heavy atom. The van der Waals surface area contributed by atoms with Crippen molar-refractivity contribution in [2.75, 3.05) is 0 Å². The molecule has 0 atom stereocenters. The molecule has 0 N–H and O–H groups in total. The minimum atomic E-state index is 0.478. The standard InChI is InChI=1S/C13H8Br3ClN2/c14-8-4-3-7(5-9(8)15)13-18-11(6-1-2-6)10(16)12(17)19-13/h3-6H,1-2H2. The highest BCUT2D eigenvalue weighted by atomic mass is 79.9. The van der Waals surface area contributed by atoms with Crippen LogP contribution in [-0.2, 0) is 0 Å². The molecular formula is C13H8Br3ClN2. The Morgan fingerprint density at radius 2 is 1.79 bits per heavy atom. The fraction of sp³-hybridized carbons (Fsp3) is 0.231. The summed E-state index contributed by atoms with van der Waals surface area (Å²) in [4.78, 5) is 9.01. The van der Waals surface area contributed by atoms with E-state index in [2.05, 4.69) is 57.8 Å². The van der Waals surface area contributed by atoms with Crippen LogP contribution in [0.4, 0.5) is 0 Å². The molecule has 1 aliphatic carbocycles. The third-order valence-corrected chi connectivity index (χ3v) is 6.14. The van der Waals surface area contributed by atoms with Crippen molar-refractivity contribution >= 4 is 59.4 Å². The van der Waals surface area contributed by atoms with Crippen LogP contribution in [0.3, 0.4) is 0 Å². The van der Waals surface area contributed by atoms with Gasteiger partial charge in [0.15, 0.2) is 5.82 Å². The van der Waals surface area contributed by atoms with Crippen LogP contribution in [0, 0.1) is 0 Å². The summed E-state index contributed by atoms with van der Waals surface area (Å²) in [7, 11) is 0. The number of benzene rings is 1. The van der Waals surface area contributed by atoms with Gasteiger partial charge in [-0.1, -0.05) is 11.6 Å². The molecule has 0 amide bonds. The Hall–Kier alpha value is 0.0300. The van der Waals surface area contributed by atoms with Crippen LogP contribution in [0.2, 0.25) is 5.15 Å². The van der Waals surface area contributed by atoms with Crippen LogP contribution >= 0.6 is 59.4 Å². The van der Waals surface area contributed by atoms with Gasteiger partial charge in [-0.3, -0.25) is 0 Å². The fourth-order valence-electron chi connectivity index (χ4n) is 1.83. The van der Waals surface area contributed by atoms with Crippen molar-refractivity contribution in [1.82, 2.24) is 9.97 Å². The smallest absolute Gasteiger partial charge is 0.161 e. The topological polar surface area (TPSA) is 25.8 Å². The maximum atomic E-state index is 6.19. The molecule has 0 aliphatic heterocycles. The first-order chi connectivity index (χ1) is 9.06. The molecule has 0 spiro atoms. The second kappa shape index (κ2) is 5.43. The van der Waals surface area contributed by atoms with E-state index in [1.165, 1.54) is 12.8 Å². The number of halogens is 4. The van der Waals surface area contributed by atoms with Gasteiger partial charge in [-0.25, -0.2) is 9.97 Å². The van der Waals surface area contributed by atoms with Crippen LogP contribution in [0.15, 0.2) is 31.6 Å². The zero-order valence-electron chi connectivity index (χ0n) is 9.63. The van der Waals surface area contributed by atoms with Crippen molar-refractivity contribution in [3.05, 3.63) is 42.5 Å². The van der Waals surface area contributed by atoms with Crippen molar-refractivity contribution in [2.24, 2.45) is 0 Å². The Kier molecular flexibility index (Phi) is 4.00. The van der Waals surface area contributed by atoms with E-state index in [1.807, 2.05) is 18.2 Å². The molecule has 2 nitrogen and oxygen atoms in total. The maximum absolute atomic E-state index is 6.19. The zero-order chi connectivity index (χ0) is 13.6. The molecule has 1 saturated carbocycles. The molecule has 98 valence electrons. The number of rotatable bonds is 2. The Morgan fingerprint density at radius 3 is 2.42 bits per heavy atom. The van der Waals surface area contributed by atoms with E-state index < -0.39 is 0 Å². The lowest BCUT2D eigenvalue weighted by Gasteiger charge is -2.08. The number of aromatic nitrogens is 2. The fourth-order valence-corrected chi connectivity index (χ4v) is 3.13. The predicted molar refractivity (Wildman–Crippen MR) is 87.6 cm³/mol. The predicted octanol–water partition coefficient (Wildman–Crippen LogP) is 5.96. The van der Waals surface area contributed by atoms with Gasteiger partial charge in [-0.05, 0) is 78.8 Å². The number of nitrogens with zero attached hydrogens (tertiary/aromatic N) is 2. The van der Waals surface area contributed by atoms with Crippen LogP contribution in [0.5, 0.6) is 0 Å². The SMILES string of the molecule is Clc1nc(-c2ccc(Br)c(Br)c2)nc(C2CC2)c1Br. The van der Waals surface area contributed by atoms with Gasteiger partial charge in [0, 0.05) is 20.4 Å². The van der Waals surface area contributed by atoms with Gasteiger partial charge >= 0.3 is 0 Å². The summed E-state index contributed by atoms with van der Waals surface area (Å²) in [6, 6.07) is 5.93. The zero-order valence-corrected chi connectivity index (χ0v) is 15.1. The molecule has 1 aromatic heterocycles. The molecule has 0 bridgehead atoms. The summed E-state index contributed by atoms with van der Waals surface area (Å²) in [5.74, 6) is 1.19. The molecular weight excluding hydrogens is 459 g/mol. The van der Waals surface area contributed by atoms with Gasteiger partial charge in [0.2, 0.25) is 0 Å². The van der Waals surface area contributed by atoms with Crippen molar-refractivity contribution in [3.63, 3.8) is 0 Å². The Labute approximate surface area is 141 Å². The summed E-state index contributed by atoms with van der Waals surface area (Å²) < 4.78 is 2.80. The summed E-state index contributed by atoms with van der Waals surface area (Å²) in [5, 5.41) is 0.478. The maximum Gasteiger partial charge on any atom is 0.161 e. The van der Waals surface area contributed by atoms with Crippen molar-refractivity contribution in [1.29, 1.82) is 0 Å². The molecule has 3 rings (SSSR count). The lowest BCUT2D eigenvalue weighted by Crippen LogP contribution is -1.97. The van der Waals surface area contributed by atoms with Crippen molar-refractivity contribution < 1.29 is 0 Å². The van der Waals surface area contributed by atoms with Gasteiger partial charge in [-0.15, -0.1) is 0 Å². The largest absolute Gasteiger partial charge is 0.231 e. The van der Waals surface area contributed by atoms with E-state index in [-0.39, 0.29) is 0 Å². The summed E-state index contributed by atoms with van der Waals surface area (Å²) in [6.07, 6.45) is 2.35. The number of hydrogen-bond donors (Lipinski definition) is 0. The monoisotopic (exact) mass is 464 g/mol. The highest BCUT2D eigenvalue weighted by Crippen LogP contribution is 2.44. The van der Waals surface area contributed by atoms with Gasteiger partial charge in [0.05, 0.1) is 10.2 Å². The Bertz CT molecular complexity index is 657. The highest BCUT2D eigenvalue weighted by molar-refractivity contribution is 9.13. The van der Waals surface area contributed by atoms with E-state index in [4.69, 9.17) is 11.6 Å². The van der Waals surface area contributed by atoms with Gasteiger partial charge in [0.1, 0.15) is 5.15 Å². The molecule has 0 saturated heterocycles. The Balaban J connectivity index is 2.11. The molecule has 1 fully saturated rings. The number of hydrogen-bond acceptors (Lipinski definition) is 2. The first-order valence-corrected chi connectivity index (χ1v) is 8.50. The molecule has 1 aliphatic rings. The first-order valence-electron chi connectivity index (χ1n) is 5.74. The van der Waals surface area contributed by atoms with E-state index in [0.717, 1.165) is 24.7 Å². The molecule has 0 unspecified atom stereocenters. The lowest BCUT2D eigenvalue weighted by molar-refractivity contribution is 0.979. The lowest BCUT2D eigenvalue weighted by atomic mass is 10.2. The molecule has 6 heteroatoms. The molecule has 1 heterocycles. The first kappa shape index (κ1) is 14.0. The van der Waals surface area contributed by atoms with Crippen LogP contribution in [-0.4, -0.2) is 9.97 Å². The van der Waals surface area contributed by atoms with E-state index in [1.54, 1.807) is 0 Å². The van der Waals surface area contributed by atoms with Crippen LogP contribution in [0.1, 0.15) is 24.5 Å². The minimum absolute atomic E-state index is 0.478. The molecule has 1 aromatic carbocycles. The van der Waals surface area contributed by atoms with Crippen LogP contribution < -0.4 is 0 Å². The van der Waals surface area contributed by atoms with E-state index in [9.17, 15) is 0 Å². The third-order valence-electron chi connectivity index (χ3n) is 2.98. The second-order valence-corrected chi connectivity index (χ2v) is 7.30. The van der Waals surface area contributed by atoms with Gasteiger partial charge < -0.3 is 0 Å². The molecule has 19 heavy (non-hydrogen) atoms. The van der Waals surface area contributed by atoms with E-state index in [0.29, 0.717) is 16.9 Å². The van der Waals surface area contributed by atoms with E-state index >= 15 is 0 Å². The minimum Gasteiger partial charge on any atom is -0.231 e. The third kappa shape index (κ3) is 2.89. The van der Waals surface area contributed by atoms with Gasteiger partial charge in [0.25, 0.3) is 0 Å². The quantitative estimate of drug-likeness (QED) is 0.510. The summed E-state index contributed by atoms with van der Waals surface area (Å²) in [6.45, 7) is 0. The molecule has 2 aromatic rings. The van der Waals surface area contributed by atoms with Crippen LogP contribution in [0.25, 0.3) is 11.4 Å². The summed E-state index contributed by atoms with van der Waals surface area (Å²) >= 11 is 16.6. The van der Waals surface area contributed by atoms with Crippen molar-refractivity contribution in [2.45, 2.75) is 18.8 Å². The average molecular weight is 467 g/mol. The molecule has 0 radical (unpaired) electrons. The average Bonchev–Trinajstić information content (AvgIpc) is 3.20.